The first-order valence-electron chi connectivity index (χ1n) is 7.21. The van der Waals surface area contributed by atoms with Crippen LogP contribution in [0.2, 0.25) is 0 Å². The van der Waals surface area contributed by atoms with Gasteiger partial charge < -0.3 is 14.9 Å². The predicted octanol–water partition coefficient (Wildman–Crippen LogP) is 1.72. The summed E-state index contributed by atoms with van der Waals surface area (Å²) in [5.74, 6) is -2.35. The van der Waals surface area contributed by atoms with E-state index in [1.54, 1.807) is 0 Å². The molecule has 108 valence electrons. The fourth-order valence-electron chi connectivity index (χ4n) is 3.14. The van der Waals surface area contributed by atoms with Crippen molar-refractivity contribution in [2.24, 2.45) is 11.8 Å². The first-order chi connectivity index (χ1) is 9.09. The Bertz CT molecular complexity index is 341. The van der Waals surface area contributed by atoms with Crippen molar-refractivity contribution in [3.05, 3.63) is 0 Å². The van der Waals surface area contributed by atoms with E-state index in [0.717, 1.165) is 25.7 Å². The summed E-state index contributed by atoms with van der Waals surface area (Å²) in [6.45, 7) is 0. The van der Waals surface area contributed by atoms with Crippen LogP contribution in [0.15, 0.2) is 0 Å². The third kappa shape index (κ3) is 3.47. The Morgan fingerprint density at radius 1 is 0.895 bits per heavy atom. The zero-order valence-corrected chi connectivity index (χ0v) is 11.1. The molecule has 2 rings (SSSR count). The average molecular weight is 270 g/mol. The van der Waals surface area contributed by atoms with Crippen LogP contribution in [0.25, 0.3) is 0 Å². The monoisotopic (exact) mass is 270 g/mol. The number of esters is 1. The Morgan fingerprint density at radius 3 is 2.11 bits per heavy atom. The van der Waals surface area contributed by atoms with Crippen LogP contribution in [0, 0.1) is 11.8 Å². The maximum absolute atomic E-state index is 12.1. The van der Waals surface area contributed by atoms with Gasteiger partial charge in [0.1, 0.15) is 6.10 Å². The third-order valence-electron chi connectivity index (χ3n) is 4.32. The molecule has 2 N–H and O–H groups in total. The van der Waals surface area contributed by atoms with Crippen LogP contribution in [0.4, 0.5) is 0 Å². The van der Waals surface area contributed by atoms with Gasteiger partial charge in [0.25, 0.3) is 0 Å². The first kappa shape index (κ1) is 14.3. The molecule has 5 nitrogen and oxygen atoms in total. The molecule has 0 aromatic rings. The van der Waals surface area contributed by atoms with Crippen molar-refractivity contribution in [1.82, 2.24) is 0 Å². The number of aliphatic carboxylic acids is 1. The summed E-state index contributed by atoms with van der Waals surface area (Å²) >= 11 is 0. The van der Waals surface area contributed by atoms with Crippen molar-refractivity contribution < 1.29 is 24.5 Å². The second kappa shape index (κ2) is 6.37. The normalized spacial score (nSPS) is 35.6. The topological polar surface area (TPSA) is 83.8 Å². The van der Waals surface area contributed by atoms with Gasteiger partial charge in [0.2, 0.25) is 0 Å². The summed E-state index contributed by atoms with van der Waals surface area (Å²) in [5.41, 5.74) is 0. The van der Waals surface area contributed by atoms with E-state index < -0.39 is 36.0 Å². The number of carbonyl (C=O) groups is 2. The van der Waals surface area contributed by atoms with Crippen molar-refractivity contribution in [3.63, 3.8) is 0 Å². The minimum absolute atomic E-state index is 0.412. The highest BCUT2D eigenvalue weighted by atomic mass is 16.5. The highest BCUT2D eigenvalue weighted by molar-refractivity contribution is 5.75. The van der Waals surface area contributed by atoms with E-state index >= 15 is 0 Å². The van der Waals surface area contributed by atoms with Crippen molar-refractivity contribution in [1.29, 1.82) is 0 Å². The fourth-order valence-corrected chi connectivity index (χ4v) is 3.14. The number of rotatable bonds is 3. The summed E-state index contributed by atoms with van der Waals surface area (Å²) in [6, 6.07) is 0. The molecule has 4 unspecified atom stereocenters. The van der Waals surface area contributed by atoms with E-state index in [4.69, 9.17) is 9.84 Å². The molecule has 19 heavy (non-hydrogen) atoms. The number of hydrogen-bond donors (Lipinski definition) is 2. The molecule has 0 heterocycles. The van der Waals surface area contributed by atoms with Gasteiger partial charge in [0.05, 0.1) is 17.9 Å². The predicted molar refractivity (Wildman–Crippen MR) is 67.4 cm³/mol. The molecule has 2 aliphatic rings. The van der Waals surface area contributed by atoms with Gasteiger partial charge in [0, 0.05) is 0 Å². The number of hydrogen-bond acceptors (Lipinski definition) is 4. The summed E-state index contributed by atoms with van der Waals surface area (Å²) in [7, 11) is 0. The molecule has 5 heteroatoms. The van der Waals surface area contributed by atoms with Crippen molar-refractivity contribution >= 4 is 11.9 Å². The molecule has 0 saturated heterocycles. The van der Waals surface area contributed by atoms with Crippen molar-refractivity contribution in [3.8, 4) is 0 Å². The smallest absolute Gasteiger partial charge is 0.311 e. The van der Waals surface area contributed by atoms with Crippen LogP contribution >= 0.6 is 0 Å². The summed E-state index contributed by atoms with van der Waals surface area (Å²) in [5, 5.41) is 19.0. The Morgan fingerprint density at radius 2 is 1.47 bits per heavy atom. The molecular weight excluding hydrogens is 248 g/mol. The summed E-state index contributed by atoms with van der Waals surface area (Å²) < 4.78 is 5.40. The second-order valence-electron chi connectivity index (χ2n) is 5.66. The minimum atomic E-state index is -0.887. The fraction of sp³-hybridized carbons (Fsp3) is 0.857. The van der Waals surface area contributed by atoms with Gasteiger partial charge in [-0.25, -0.2) is 0 Å². The molecule has 0 spiro atoms. The third-order valence-corrected chi connectivity index (χ3v) is 4.32. The molecule has 0 aliphatic heterocycles. The summed E-state index contributed by atoms with van der Waals surface area (Å²) in [4.78, 5) is 23.2. The lowest BCUT2D eigenvalue weighted by Crippen LogP contribution is -2.40. The molecule has 2 fully saturated rings. The van der Waals surface area contributed by atoms with Gasteiger partial charge >= 0.3 is 11.9 Å². The van der Waals surface area contributed by atoms with Crippen LogP contribution in [-0.2, 0) is 14.3 Å². The maximum atomic E-state index is 12.1. The summed E-state index contributed by atoms with van der Waals surface area (Å²) in [6.07, 6.45) is 4.94. The molecular formula is C14H22O5. The first-order valence-corrected chi connectivity index (χ1v) is 7.21. The Labute approximate surface area is 112 Å². The molecule has 0 aromatic carbocycles. The van der Waals surface area contributed by atoms with Gasteiger partial charge in [-0.2, -0.15) is 0 Å². The Kier molecular flexibility index (Phi) is 4.80. The van der Waals surface area contributed by atoms with E-state index in [1.807, 2.05) is 0 Å². The number of carboxylic acid groups (broad SMARTS) is 1. The highest BCUT2D eigenvalue weighted by Crippen LogP contribution is 2.30. The maximum Gasteiger partial charge on any atom is 0.311 e. The SMILES string of the molecule is O=C(OC1CCCCC1C(=O)O)C1CCCCC1O. The van der Waals surface area contributed by atoms with Crippen LogP contribution in [0.5, 0.6) is 0 Å². The van der Waals surface area contributed by atoms with Crippen molar-refractivity contribution in [2.45, 2.75) is 63.6 Å². The zero-order valence-electron chi connectivity index (χ0n) is 11.1. The molecule has 2 saturated carbocycles. The molecule has 0 bridgehead atoms. The largest absolute Gasteiger partial charge is 0.481 e. The average Bonchev–Trinajstić information content (AvgIpc) is 2.39. The van der Waals surface area contributed by atoms with Gasteiger partial charge in [-0.1, -0.05) is 19.3 Å². The van der Waals surface area contributed by atoms with Crippen LogP contribution in [0.1, 0.15) is 51.4 Å². The van der Waals surface area contributed by atoms with E-state index in [9.17, 15) is 14.7 Å². The van der Waals surface area contributed by atoms with E-state index in [0.29, 0.717) is 25.7 Å². The highest BCUT2D eigenvalue weighted by Gasteiger charge is 2.37. The standard InChI is InChI=1S/C14H22O5/c15-11-7-3-1-5-9(11)14(18)19-12-8-4-2-6-10(12)13(16)17/h9-12,15H,1-8H2,(H,16,17). The van der Waals surface area contributed by atoms with Gasteiger partial charge in [-0.3, -0.25) is 9.59 Å². The molecule has 0 aromatic heterocycles. The zero-order chi connectivity index (χ0) is 13.8. The lowest BCUT2D eigenvalue weighted by molar-refractivity contribution is -0.168. The van der Waals surface area contributed by atoms with Crippen LogP contribution < -0.4 is 0 Å². The number of carbonyl (C=O) groups excluding carboxylic acids is 1. The number of aliphatic hydroxyl groups is 1. The molecule has 0 amide bonds. The van der Waals surface area contributed by atoms with E-state index in [1.165, 1.54) is 0 Å². The Hall–Kier alpha value is -1.10. The lowest BCUT2D eigenvalue weighted by atomic mass is 9.85. The molecule has 2 aliphatic carbocycles. The van der Waals surface area contributed by atoms with E-state index in [2.05, 4.69) is 0 Å². The Balaban J connectivity index is 1.94. The minimum Gasteiger partial charge on any atom is -0.481 e. The number of carboxylic acids is 1. The molecule has 4 atom stereocenters. The van der Waals surface area contributed by atoms with Crippen LogP contribution in [0.3, 0.4) is 0 Å². The van der Waals surface area contributed by atoms with Gasteiger partial charge in [-0.15, -0.1) is 0 Å². The van der Waals surface area contributed by atoms with Crippen molar-refractivity contribution in [2.75, 3.05) is 0 Å². The van der Waals surface area contributed by atoms with Gasteiger partial charge in [-0.05, 0) is 32.1 Å². The van der Waals surface area contributed by atoms with Gasteiger partial charge in [0.15, 0.2) is 0 Å². The number of ether oxygens (including phenoxy) is 1. The number of aliphatic hydroxyl groups excluding tert-OH is 1. The second-order valence-corrected chi connectivity index (χ2v) is 5.66. The van der Waals surface area contributed by atoms with Crippen LogP contribution in [-0.4, -0.2) is 34.4 Å². The lowest BCUT2D eigenvalue weighted by Gasteiger charge is -2.32. The van der Waals surface area contributed by atoms with E-state index in [-0.39, 0.29) is 0 Å². The molecule has 0 radical (unpaired) electrons. The quantitative estimate of drug-likeness (QED) is 0.763.